The van der Waals surface area contributed by atoms with E-state index in [9.17, 15) is 0 Å². The minimum atomic E-state index is 0.619. The van der Waals surface area contributed by atoms with Crippen LogP contribution in [0.5, 0.6) is 0 Å². The van der Waals surface area contributed by atoms with Crippen LogP contribution in [0.25, 0.3) is 11.4 Å². The molecule has 0 saturated heterocycles. The van der Waals surface area contributed by atoms with Gasteiger partial charge in [-0.3, -0.25) is 0 Å². The summed E-state index contributed by atoms with van der Waals surface area (Å²) in [5.41, 5.74) is 9.30. The molecule has 0 bridgehead atoms. The highest BCUT2D eigenvalue weighted by Crippen LogP contribution is 2.31. The fraction of sp³-hybridized carbons (Fsp3) is 0.333. The van der Waals surface area contributed by atoms with Gasteiger partial charge in [0.25, 0.3) is 0 Å². The average molecular weight is 353 g/mol. The number of hydrogen-bond acceptors (Lipinski definition) is 3. The number of halogens is 2. The van der Waals surface area contributed by atoms with Gasteiger partial charge in [-0.05, 0) is 59.8 Å². The third kappa shape index (κ3) is 2.67. The molecular formula is C15H15BrClN3. The van der Waals surface area contributed by atoms with Gasteiger partial charge in [0.15, 0.2) is 5.82 Å². The van der Waals surface area contributed by atoms with E-state index in [0.29, 0.717) is 16.7 Å². The lowest BCUT2D eigenvalue weighted by Gasteiger charge is -2.11. The molecule has 1 aromatic carbocycles. The van der Waals surface area contributed by atoms with Crippen molar-refractivity contribution < 1.29 is 0 Å². The lowest BCUT2D eigenvalue weighted by molar-refractivity contribution is 0.709. The van der Waals surface area contributed by atoms with Crippen molar-refractivity contribution in [3.63, 3.8) is 0 Å². The summed E-state index contributed by atoms with van der Waals surface area (Å²) in [6, 6.07) is 5.61. The molecule has 0 spiro atoms. The Morgan fingerprint density at radius 1 is 1.10 bits per heavy atom. The molecule has 104 valence electrons. The van der Waals surface area contributed by atoms with Crippen LogP contribution >= 0.6 is 27.5 Å². The van der Waals surface area contributed by atoms with E-state index in [1.54, 1.807) is 0 Å². The van der Waals surface area contributed by atoms with E-state index in [1.165, 1.54) is 19.3 Å². The molecule has 2 aromatic rings. The predicted molar refractivity (Wildman–Crippen MR) is 85.8 cm³/mol. The molecule has 0 aliphatic heterocycles. The second-order valence-electron chi connectivity index (χ2n) is 5.04. The van der Waals surface area contributed by atoms with E-state index in [2.05, 4.69) is 20.9 Å². The van der Waals surface area contributed by atoms with Crippen LogP contribution < -0.4 is 5.73 Å². The molecule has 3 nitrogen and oxygen atoms in total. The van der Waals surface area contributed by atoms with Gasteiger partial charge in [0.1, 0.15) is 5.82 Å². The van der Waals surface area contributed by atoms with Gasteiger partial charge in [0.2, 0.25) is 0 Å². The van der Waals surface area contributed by atoms with Crippen molar-refractivity contribution >= 4 is 33.3 Å². The third-order valence-electron chi connectivity index (χ3n) is 3.64. The van der Waals surface area contributed by atoms with Crippen molar-refractivity contribution in [2.45, 2.75) is 32.1 Å². The van der Waals surface area contributed by atoms with E-state index in [-0.39, 0.29) is 0 Å². The molecule has 0 radical (unpaired) electrons. The van der Waals surface area contributed by atoms with Crippen LogP contribution in [0.2, 0.25) is 5.02 Å². The summed E-state index contributed by atoms with van der Waals surface area (Å²) in [6.45, 7) is 0. The number of nitrogens with two attached hydrogens (primary N) is 1. The molecular weight excluding hydrogens is 338 g/mol. The van der Waals surface area contributed by atoms with Gasteiger partial charge >= 0.3 is 0 Å². The van der Waals surface area contributed by atoms with Gasteiger partial charge in [-0.1, -0.05) is 18.0 Å². The number of hydrogen-bond donors (Lipinski definition) is 1. The van der Waals surface area contributed by atoms with Crippen molar-refractivity contribution in [1.29, 1.82) is 0 Å². The molecule has 0 amide bonds. The minimum Gasteiger partial charge on any atom is -0.383 e. The van der Waals surface area contributed by atoms with Crippen LogP contribution in [0.1, 0.15) is 30.5 Å². The largest absolute Gasteiger partial charge is 0.383 e. The minimum absolute atomic E-state index is 0.619. The summed E-state index contributed by atoms with van der Waals surface area (Å²) in [4.78, 5) is 9.21. The molecule has 1 heterocycles. The fourth-order valence-corrected chi connectivity index (χ4v) is 3.45. The molecule has 1 aliphatic rings. The number of anilines is 1. The Hall–Kier alpha value is -1.13. The Morgan fingerprint density at radius 2 is 1.90 bits per heavy atom. The van der Waals surface area contributed by atoms with Crippen LogP contribution in [0.15, 0.2) is 22.7 Å². The Morgan fingerprint density at radius 3 is 2.70 bits per heavy atom. The van der Waals surface area contributed by atoms with E-state index >= 15 is 0 Å². The maximum absolute atomic E-state index is 6.14. The van der Waals surface area contributed by atoms with Crippen LogP contribution in [0, 0.1) is 0 Å². The van der Waals surface area contributed by atoms with E-state index in [1.807, 2.05) is 18.2 Å². The number of fused-ring (bicyclic) bond motifs is 1. The zero-order chi connectivity index (χ0) is 14.1. The van der Waals surface area contributed by atoms with E-state index in [4.69, 9.17) is 22.3 Å². The summed E-state index contributed by atoms with van der Waals surface area (Å²) in [6.07, 6.45) is 5.55. The first-order valence-electron chi connectivity index (χ1n) is 6.76. The molecule has 0 fully saturated rings. The Kier molecular flexibility index (Phi) is 3.94. The van der Waals surface area contributed by atoms with Crippen LogP contribution in [0.4, 0.5) is 5.82 Å². The quantitative estimate of drug-likeness (QED) is 0.773. The van der Waals surface area contributed by atoms with Crippen molar-refractivity contribution in [2.75, 3.05) is 5.73 Å². The molecule has 3 rings (SSSR count). The molecule has 0 saturated carbocycles. The number of benzene rings is 1. The summed E-state index contributed by atoms with van der Waals surface area (Å²) < 4.78 is 0.887. The zero-order valence-electron chi connectivity index (χ0n) is 11.0. The Bertz CT molecular complexity index is 658. The first-order valence-corrected chi connectivity index (χ1v) is 7.93. The summed E-state index contributed by atoms with van der Waals surface area (Å²) in [5.74, 6) is 1.29. The monoisotopic (exact) mass is 351 g/mol. The predicted octanol–water partition coefficient (Wildman–Crippen LogP) is 4.41. The van der Waals surface area contributed by atoms with Gasteiger partial charge in [-0.2, -0.15) is 0 Å². The fourth-order valence-electron chi connectivity index (χ4n) is 2.59. The normalized spacial score (nSPS) is 14.7. The van der Waals surface area contributed by atoms with Crippen molar-refractivity contribution in [1.82, 2.24) is 9.97 Å². The first kappa shape index (κ1) is 13.8. The van der Waals surface area contributed by atoms with E-state index < -0.39 is 0 Å². The van der Waals surface area contributed by atoms with Crippen molar-refractivity contribution in [3.8, 4) is 11.4 Å². The number of nitrogen functional groups attached to an aromatic ring is 1. The van der Waals surface area contributed by atoms with Gasteiger partial charge < -0.3 is 5.73 Å². The molecule has 0 unspecified atom stereocenters. The molecule has 20 heavy (non-hydrogen) atoms. The molecule has 0 atom stereocenters. The maximum Gasteiger partial charge on any atom is 0.162 e. The summed E-state index contributed by atoms with van der Waals surface area (Å²) >= 11 is 9.49. The third-order valence-corrected chi connectivity index (χ3v) is 4.53. The van der Waals surface area contributed by atoms with Gasteiger partial charge in [0.05, 0.1) is 0 Å². The summed E-state index contributed by atoms with van der Waals surface area (Å²) in [5, 5.41) is 0.684. The lowest BCUT2D eigenvalue weighted by Crippen LogP contribution is -2.06. The zero-order valence-corrected chi connectivity index (χ0v) is 13.3. The highest BCUT2D eigenvalue weighted by molar-refractivity contribution is 9.10. The topological polar surface area (TPSA) is 51.8 Å². The standard InChI is InChI=1S/C15H15BrClN3/c16-12-8-9(17)6-7-10(12)15-19-13-5-3-1-2-4-11(13)14(18)20-15/h6-8H,1-5H2,(H2,18,19,20). The molecule has 1 aromatic heterocycles. The molecule has 2 N–H and O–H groups in total. The second kappa shape index (κ2) is 5.70. The van der Waals surface area contributed by atoms with E-state index in [0.717, 1.165) is 34.1 Å². The van der Waals surface area contributed by atoms with Crippen LogP contribution in [-0.2, 0) is 12.8 Å². The highest BCUT2D eigenvalue weighted by Gasteiger charge is 2.17. The van der Waals surface area contributed by atoms with Gasteiger partial charge in [-0.25, -0.2) is 9.97 Å². The lowest BCUT2D eigenvalue weighted by atomic mass is 10.1. The first-order chi connectivity index (χ1) is 9.65. The molecule has 1 aliphatic carbocycles. The maximum atomic E-state index is 6.14. The average Bonchev–Trinajstić information content (AvgIpc) is 2.64. The van der Waals surface area contributed by atoms with Crippen LogP contribution in [-0.4, -0.2) is 9.97 Å². The molecule has 5 heteroatoms. The van der Waals surface area contributed by atoms with Gasteiger partial charge in [-0.15, -0.1) is 0 Å². The number of nitrogens with zero attached hydrogens (tertiary/aromatic N) is 2. The van der Waals surface area contributed by atoms with Gasteiger partial charge in [0, 0.05) is 26.3 Å². The van der Waals surface area contributed by atoms with Crippen molar-refractivity contribution in [2.24, 2.45) is 0 Å². The number of aromatic nitrogens is 2. The SMILES string of the molecule is Nc1nc(-c2ccc(Cl)cc2Br)nc2c1CCCCC2. The smallest absolute Gasteiger partial charge is 0.162 e. The number of rotatable bonds is 1. The Balaban J connectivity index is 2.11. The number of aryl methyl sites for hydroxylation is 1. The van der Waals surface area contributed by atoms with Crippen molar-refractivity contribution in [3.05, 3.63) is 39.0 Å². The highest BCUT2D eigenvalue weighted by atomic mass is 79.9. The summed E-state index contributed by atoms with van der Waals surface area (Å²) in [7, 11) is 0. The Labute approximate surface area is 131 Å². The second-order valence-corrected chi connectivity index (χ2v) is 6.33. The van der Waals surface area contributed by atoms with Crippen LogP contribution in [0.3, 0.4) is 0 Å².